The molecule has 162 valence electrons. The molecule has 0 radical (unpaired) electrons. The highest BCUT2D eigenvalue weighted by atomic mass is 32.2. The number of aromatic hydroxyl groups is 2. The van der Waals surface area contributed by atoms with Crippen LogP contribution < -0.4 is 9.61 Å². The molecule has 4 aromatic rings. The van der Waals surface area contributed by atoms with Crippen LogP contribution in [0.25, 0.3) is 11.8 Å². The summed E-state index contributed by atoms with van der Waals surface area (Å²) in [5, 5.41) is 23.0. The Morgan fingerprint density at radius 1 is 1.09 bits per heavy atom. The number of nitrogens with zero attached hydrogens (tertiary/aromatic N) is 1. The zero-order chi connectivity index (χ0) is 22.2. The van der Waals surface area contributed by atoms with E-state index >= 15 is 0 Å². The van der Waals surface area contributed by atoms with Gasteiger partial charge >= 0.3 is 4.87 Å². The fourth-order valence-corrected chi connectivity index (χ4v) is 6.04. The molecule has 3 N–H and O–H groups in total. The van der Waals surface area contributed by atoms with E-state index in [4.69, 9.17) is 4.74 Å². The number of allylic oxidation sites excluding steroid dienone is 1. The molecule has 0 amide bonds. The monoisotopic (exact) mass is 464 g/mol. The number of aromatic amines is 1. The third kappa shape index (κ3) is 3.51. The molecular weight excluding hydrogens is 444 g/mol. The molecule has 2 aromatic carbocycles. The van der Waals surface area contributed by atoms with Gasteiger partial charge in [0.15, 0.2) is 0 Å². The molecule has 32 heavy (non-hydrogen) atoms. The smallest absolute Gasteiger partial charge is 0.305 e. The largest absolute Gasteiger partial charge is 0.494 e. The van der Waals surface area contributed by atoms with Crippen molar-refractivity contribution in [2.75, 3.05) is 6.61 Å². The summed E-state index contributed by atoms with van der Waals surface area (Å²) < 4.78 is 6.91. The molecule has 1 unspecified atom stereocenters. The Kier molecular flexibility index (Phi) is 5.32. The van der Waals surface area contributed by atoms with Crippen LogP contribution >= 0.6 is 23.1 Å². The second kappa shape index (κ2) is 8.29. The second-order valence-corrected chi connectivity index (χ2v) is 9.25. The Balaban J connectivity index is 1.63. The minimum atomic E-state index is -0.375. The van der Waals surface area contributed by atoms with E-state index in [0.29, 0.717) is 33.5 Å². The third-order valence-electron chi connectivity index (χ3n) is 5.24. The lowest BCUT2D eigenvalue weighted by atomic mass is 9.98. The zero-order valence-electron chi connectivity index (χ0n) is 17.1. The average molecular weight is 465 g/mol. The lowest BCUT2D eigenvalue weighted by Gasteiger charge is -2.19. The predicted molar refractivity (Wildman–Crippen MR) is 127 cm³/mol. The van der Waals surface area contributed by atoms with E-state index in [1.54, 1.807) is 24.3 Å². The summed E-state index contributed by atoms with van der Waals surface area (Å²) >= 11 is 2.38. The number of nitrogens with one attached hydrogen (secondary N) is 1. The van der Waals surface area contributed by atoms with E-state index in [1.165, 1.54) is 16.3 Å². The van der Waals surface area contributed by atoms with E-state index in [1.807, 2.05) is 49.4 Å². The van der Waals surface area contributed by atoms with Crippen LogP contribution in [-0.4, -0.2) is 26.4 Å². The first-order valence-corrected chi connectivity index (χ1v) is 11.7. The standard InChI is InChI=1S/C24H20N2O4S2/c1-2-30-16-11-9-15(10-12-16)26-22(27)18-17(13-8-14-6-4-3-5-7-14)19-21(25-24(29)32-19)31-20(18)23(26)28/h3-13,17,27-28H,2H2,1H3,(H,25,29)/b13-8+. The number of thiazole rings is 1. The summed E-state index contributed by atoms with van der Waals surface area (Å²) in [5.74, 6) is 0.219. The summed E-state index contributed by atoms with van der Waals surface area (Å²) in [7, 11) is 0. The van der Waals surface area contributed by atoms with E-state index in [9.17, 15) is 15.0 Å². The summed E-state index contributed by atoms with van der Waals surface area (Å²) in [4.78, 5) is 16.1. The van der Waals surface area contributed by atoms with Crippen LogP contribution in [0.5, 0.6) is 17.5 Å². The van der Waals surface area contributed by atoms with Gasteiger partial charge in [-0.15, -0.1) is 0 Å². The number of aromatic nitrogens is 2. The Hall–Kier alpha value is -3.36. The summed E-state index contributed by atoms with van der Waals surface area (Å²) in [6.45, 7) is 2.47. The molecule has 0 aliphatic carbocycles. The van der Waals surface area contributed by atoms with Crippen LogP contribution in [0.3, 0.4) is 0 Å². The van der Waals surface area contributed by atoms with Gasteiger partial charge < -0.3 is 19.9 Å². The average Bonchev–Trinajstić information content (AvgIpc) is 3.29. The van der Waals surface area contributed by atoms with Crippen molar-refractivity contribution in [2.45, 2.75) is 22.8 Å². The fraction of sp³-hybridized carbons (Fsp3) is 0.125. The van der Waals surface area contributed by atoms with Gasteiger partial charge in [-0.2, -0.15) is 0 Å². The molecule has 0 saturated heterocycles. The van der Waals surface area contributed by atoms with E-state index in [-0.39, 0.29) is 22.6 Å². The first-order valence-electron chi connectivity index (χ1n) is 10.1. The van der Waals surface area contributed by atoms with Gasteiger partial charge in [-0.1, -0.05) is 65.6 Å². The van der Waals surface area contributed by atoms with Gasteiger partial charge in [0.25, 0.3) is 0 Å². The summed E-state index contributed by atoms with van der Waals surface area (Å²) in [5.41, 5.74) is 2.20. The highest BCUT2D eigenvalue weighted by Gasteiger charge is 2.36. The van der Waals surface area contributed by atoms with Crippen molar-refractivity contribution >= 4 is 29.2 Å². The van der Waals surface area contributed by atoms with Gasteiger partial charge in [0, 0.05) is 11.5 Å². The van der Waals surface area contributed by atoms with Crippen molar-refractivity contribution in [1.82, 2.24) is 9.55 Å². The molecule has 3 heterocycles. The molecule has 6 nitrogen and oxygen atoms in total. The Labute approximate surface area is 192 Å². The van der Waals surface area contributed by atoms with Gasteiger partial charge in [0.1, 0.15) is 5.75 Å². The van der Waals surface area contributed by atoms with E-state index in [2.05, 4.69) is 4.98 Å². The van der Waals surface area contributed by atoms with Crippen LogP contribution in [0.4, 0.5) is 0 Å². The topological polar surface area (TPSA) is 87.5 Å². The molecule has 1 aliphatic rings. The number of rotatable bonds is 5. The molecule has 0 spiro atoms. The molecule has 0 bridgehead atoms. The maximum atomic E-state index is 12.1. The van der Waals surface area contributed by atoms with Crippen LogP contribution in [-0.2, 0) is 0 Å². The van der Waals surface area contributed by atoms with Crippen molar-refractivity contribution < 1.29 is 14.9 Å². The fourth-order valence-electron chi connectivity index (χ4n) is 3.82. The van der Waals surface area contributed by atoms with Gasteiger partial charge in [-0.25, -0.2) is 0 Å². The molecule has 0 saturated carbocycles. The van der Waals surface area contributed by atoms with Crippen molar-refractivity contribution in [3.05, 3.63) is 86.3 Å². The quantitative estimate of drug-likeness (QED) is 0.371. The summed E-state index contributed by atoms with van der Waals surface area (Å²) in [6, 6.07) is 17.0. The van der Waals surface area contributed by atoms with E-state index < -0.39 is 0 Å². The molecule has 1 aliphatic heterocycles. The molecule has 8 heteroatoms. The summed E-state index contributed by atoms with van der Waals surface area (Å²) in [6.07, 6.45) is 3.92. The predicted octanol–water partition coefficient (Wildman–Crippen LogP) is 5.35. The number of benzene rings is 2. The van der Waals surface area contributed by atoms with Crippen LogP contribution in [0, 0.1) is 0 Å². The van der Waals surface area contributed by atoms with Gasteiger partial charge in [-0.05, 0) is 36.8 Å². The van der Waals surface area contributed by atoms with Crippen molar-refractivity contribution in [1.29, 1.82) is 0 Å². The third-order valence-corrected chi connectivity index (χ3v) is 7.47. The first kappa shape index (κ1) is 20.5. The maximum Gasteiger partial charge on any atom is 0.305 e. The van der Waals surface area contributed by atoms with Crippen LogP contribution in [0.15, 0.2) is 75.4 Å². The SMILES string of the molecule is CCOc1ccc(-n2c(O)c3c(c2O)C(/C=C/c2ccccc2)c2sc(=O)[nH]c2S3)cc1. The minimum Gasteiger partial charge on any atom is -0.494 e. The zero-order valence-corrected chi connectivity index (χ0v) is 18.7. The molecule has 5 rings (SSSR count). The number of hydrogen-bond donors (Lipinski definition) is 3. The van der Waals surface area contributed by atoms with Crippen molar-refractivity contribution in [3.8, 4) is 23.2 Å². The Morgan fingerprint density at radius 2 is 1.84 bits per heavy atom. The van der Waals surface area contributed by atoms with Crippen LogP contribution in [0.1, 0.15) is 28.8 Å². The minimum absolute atomic E-state index is 0.0524. The highest BCUT2D eigenvalue weighted by molar-refractivity contribution is 7.99. The Bertz CT molecular complexity index is 1350. The molecule has 1 atom stereocenters. The van der Waals surface area contributed by atoms with Crippen LogP contribution in [0.2, 0.25) is 0 Å². The van der Waals surface area contributed by atoms with E-state index in [0.717, 1.165) is 21.8 Å². The lowest BCUT2D eigenvalue weighted by Crippen LogP contribution is -2.02. The number of hydrogen-bond acceptors (Lipinski definition) is 6. The van der Waals surface area contributed by atoms with Gasteiger partial charge in [-0.3, -0.25) is 9.36 Å². The molecule has 0 fully saturated rings. The highest BCUT2D eigenvalue weighted by Crippen LogP contribution is 2.55. The first-order chi connectivity index (χ1) is 15.6. The second-order valence-electron chi connectivity index (χ2n) is 7.21. The normalized spacial score (nSPS) is 15.0. The molecular formula is C24H20N2O4S2. The lowest BCUT2D eigenvalue weighted by molar-refractivity contribution is 0.340. The molecule has 2 aromatic heterocycles. The van der Waals surface area contributed by atoms with Crippen molar-refractivity contribution in [3.63, 3.8) is 0 Å². The number of ether oxygens (including phenoxy) is 1. The maximum absolute atomic E-state index is 12.1. The van der Waals surface area contributed by atoms with Crippen molar-refractivity contribution in [2.24, 2.45) is 0 Å². The van der Waals surface area contributed by atoms with Gasteiger partial charge in [0.2, 0.25) is 11.8 Å². The number of fused-ring (bicyclic) bond motifs is 2. The number of H-pyrrole nitrogens is 1. The van der Waals surface area contributed by atoms with Gasteiger partial charge in [0.05, 0.1) is 27.1 Å². The Morgan fingerprint density at radius 3 is 2.56 bits per heavy atom.